The van der Waals surface area contributed by atoms with Crippen LogP contribution in [0.25, 0.3) is 0 Å². The van der Waals surface area contributed by atoms with Crippen molar-refractivity contribution in [2.75, 3.05) is 20.3 Å². The molecule has 1 aliphatic heterocycles. The van der Waals surface area contributed by atoms with Crippen LogP contribution in [0.2, 0.25) is 0 Å². The molecule has 1 N–H and O–H groups in total. The molecular weight excluding hydrogens is 222 g/mol. The normalized spacial score (nSPS) is 21.7. The molecule has 0 saturated carbocycles. The molecule has 0 aromatic heterocycles. The Morgan fingerprint density at radius 1 is 1.33 bits per heavy atom. The summed E-state index contributed by atoms with van der Waals surface area (Å²) in [5.41, 5.74) is 1.45. The van der Waals surface area contributed by atoms with E-state index in [2.05, 4.69) is 42.7 Å². The summed E-state index contributed by atoms with van der Waals surface area (Å²) < 4.78 is 5.59. The van der Waals surface area contributed by atoms with E-state index in [0.29, 0.717) is 12.0 Å². The lowest BCUT2D eigenvalue weighted by atomic mass is 9.90. The maximum absolute atomic E-state index is 5.59. The Hall–Kier alpha value is -0.860. The number of aryl methyl sites for hydroxylation is 1. The topological polar surface area (TPSA) is 21.3 Å². The lowest BCUT2D eigenvalue weighted by Crippen LogP contribution is -2.38. The van der Waals surface area contributed by atoms with Gasteiger partial charge in [-0.25, -0.2) is 0 Å². The molecule has 2 rings (SSSR count). The van der Waals surface area contributed by atoms with Crippen LogP contribution in [0.4, 0.5) is 0 Å². The third-order valence-corrected chi connectivity index (χ3v) is 3.96. The second kappa shape index (κ2) is 7.55. The Morgan fingerprint density at radius 3 is 2.83 bits per heavy atom. The number of hydrogen-bond donors (Lipinski definition) is 1. The highest BCUT2D eigenvalue weighted by atomic mass is 16.5. The average molecular weight is 247 g/mol. The standard InChI is InChI=1S/C16H25NO/c1-17-16(15-10-6-12-18-13-15)11-5-9-14-7-3-2-4-8-14/h2-4,7-8,15-17H,5-6,9-13H2,1H3. The molecule has 0 amide bonds. The minimum absolute atomic E-state index is 0.619. The fraction of sp³-hybridized carbons (Fsp3) is 0.625. The fourth-order valence-corrected chi connectivity index (χ4v) is 2.87. The Balaban J connectivity index is 1.73. The molecule has 2 unspecified atom stereocenters. The van der Waals surface area contributed by atoms with E-state index < -0.39 is 0 Å². The zero-order chi connectivity index (χ0) is 12.6. The van der Waals surface area contributed by atoms with E-state index in [1.165, 1.54) is 37.7 Å². The van der Waals surface area contributed by atoms with E-state index in [1.54, 1.807) is 0 Å². The molecule has 1 aliphatic rings. The number of ether oxygens (including phenoxy) is 1. The van der Waals surface area contributed by atoms with Gasteiger partial charge in [0, 0.05) is 12.6 Å². The van der Waals surface area contributed by atoms with Gasteiger partial charge in [-0.2, -0.15) is 0 Å². The molecule has 2 nitrogen and oxygen atoms in total. The van der Waals surface area contributed by atoms with Crippen LogP contribution < -0.4 is 5.32 Å². The minimum Gasteiger partial charge on any atom is -0.381 e. The Bertz CT molecular complexity index is 319. The van der Waals surface area contributed by atoms with Gasteiger partial charge in [0.05, 0.1) is 6.61 Å². The lowest BCUT2D eigenvalue weighted by molar-refractivity contribution is 0.0388. The molecule has 0 radical (unpaired) electrons. The number of benzene rings is 1. The van der Waals surface area contributed by atoms with Crippen molar-refractivity contribution in [1.29, 1.82) is 0 Å². The van der Waals surface area contributed by atoms with Gasteiger partial charge in [-0.3, -0.25) is 0 Å². The Kier molecular flexibility index (Phi) is 5.69. The van der Waals surface area contributed by atoms with E-state index >= 15 is 0 Å². The second-order valence-corrected chi connectivity index (χ2v) is 5.25. The molecule has 2 atom stereocenters. The van der Waals surface area contributed by atoms with Crippen molar-refractivity contribution in [3.8, 4) is 0 Å². The third-order valence-electron chi connectivity index (χ3n) is 3.96. The van der Waals surface area contributed by atoms with Crippen LogP contribution in [-0.4, -0.2) is 26.3 Å². The molecule has 1 heterocycles. The summed E-state index contributed by atoms with van der Waals surface area (Å²) in [4.78, 5) is 0. The molecule has 1 fully saturated rings. The monoisotopic (exact) mass is 247 g/mol. The van der Waals surface area contributed by atoms with Crippen LogP contribution in [0.3, 0.4) is 0 Å². The molecule has 0 aliphatic carbocycles. The summed E-state index contributed by atoms with van der Waals surface area (Å²) in [7, 11) is 2.09. The SMILES string of the molecule is CNC(CCCc1ccccc1)C1CCCOC1. The summed E-state index contributed by atoms with van der Waals surface area (Å²) in [5.74, 6) is 0.708. The highest BCUT2D eigenvalue weighted by Gasteiger charge is 2.22. The van der Waals surface area contributed by atoms with E-state index in [-0.39, 0.29) is 0 Å². The Labute approximate surface area is 111 Å². The van der Waals surface area contributed by atoms with Crippen molar-refractivity contribution in [2.24, 2.45) is 5.92 Å². The summed E-state index contributed by atoms with van der Waals surface area (Å²) in [6.07, 6.45) is 6.23. The molecule has 0 bridgehead atoms. The first-order chi connectivity index (χ1) is 8.90. The number of rotatable bonds is 6. The smallest absolute Gasteiger partial charge is 0.0509 e. The number of nitrogens with one attached hydrogen (secondary N) is 1. The zero-order valence-corrected chi connectivity index (χ0v) is 11.4. The first kappa shape index (κ1) is 13.6. The molecule has 2 heteroatoms. The van der Waals surface area contributed by atoms with Gasteiger partial charge in [0.2, 0.25) is 0 Å². The van der Waals surface area contributed by atoms with Crippen molar-refractivity contribution in [1.82, 2.24) is 5.32 Å². The van der Waals surface area contributed by atoms with Gasteiger partial charge in [0.25, 0.3) is 0 Å². The quantitative estimate of drug-likeness (QED) is 0.834. The van der Waals surface area contributed by atoms with E-state index in [1.807, 2.05) is 0 Å². The van der Waals surface area contributed by atoms with Crippen molar-refractivity contribution >= 4 is 0 Å². The molecule has 1 aromatic carbocycles. The van der Waals surface area contributed by atoms with Gasteiger partial charge < -0.3 is 10.1 Å². The molecular formula is C16H25NO. The molecule has 1 saturated heterocycles. The van der Waals surface area contributed by atoms with Crippen molar-refractivity contribution in [3.05, 3.63) is 35.9 Å². The van der Waals surface area contributed by atoms with Gasteiger partial charge in [0.1, 0.15) is 0 Å². The van der Waals surface area contributed by atoms with Crippen LogP contribution in [-0.2, 0) is 11.2 Å². The summed E-state index contributed by atoms with van der Waals surface area (Å²) in [6.45, 7) is 1.90. The van der Waals surface area contributed by atoms with Gasteiger partial charge in [-0.05, 0) is 50.6 Å². The van der Waals surface area contributed by atoms with Gasteiger partial charge in [-0.15, -0.1) is 0 Å². The van der Waals surface area contributed by atoms with Crippen molar-refractivity contribution < 1.29 is 4.74 Å². The zero-order valence-electron chi connectivity index (χ0n) is 11.4. The maximum Gasteiger partial charge on any atom is 0.0509 e. The number of hydrogen-bond acceptors (Lipinski definition) is 2. The molecule has 18 heavy (non-hydrogen) atoms. The highest BCUT2D eigenvalue weighted by molar-refractivity contribution is 5.14. The van der Waals surface area contributed by atoms with E-state index in [4.69, 9.17) is 4.74 Å². The summed E-state index contributed by atoms with van der Waals surface area (Å²) >= 11 is 0. The fourth-order valence-electron chi connectivity index (χ4n) is 2.87. The predicted molar refractivity (Wildman–Crippen MR) is 75.8 cm³/mol. The Morgan fingerprint density at radius 2 is 2.17 bits per heavy atom. The van der Waals surface area contributed by atoms with Crippen LogP contribution in [0.1, 0.15) is 31.2 Å². The molecule has 1 aromatic rings. The molecule has 100 valence electrons. The van der Waals surface area contributed by atoms with Crippen LogP contribution in [0.5, 0.6) is 0 Å². The van der Waals surface area contributed by atoms with Crippen LogP contribution >= 0.6 is 0 Å². The minimum atomic E-state index is 0.619. The van der Waals surface area contributed by atoms with Gasteiger partial charge in [0.15, 0.2) is 0 Å². The third kappa shape index (κ3) is 4.11. The van der Waals surface area contributed by atoms with Crippen LogP contribution in [0.15, 0.2) is 30.3 Å². The maximum atomic E-state index is 5.59. The van der Waals surface area contributed by atoms with Crippen molar-refractivity contribution in [2.45, 2.75) is 38.1 Å². The van der Waals surface area contributed by atoms with Crippen LogP contribution in [0, 0.1) is 5.92 Å². The predicted octanol–water partition coefficient (Wildman–Crippen LogP) is 3.02. The first-order valence-corrected chi connectivity index (χ1v) is 7.19. The lowest BCUT2D eigenvalue weighted by Gasteiger charge is -2.30. The summed E-state index contributed by atoms with van der Waals surface area (Å²) in [6, 6.07) is 11.4. The van der Waals surface area contributed by atoms with Gasteiger partial charge in [-0.1, -0.05) is 30.3 Å². The van der Waals surface area contributed by atoms with E-state index in [0.717, 1.165) is 13.2 Å². The summed E-state index contributed by atoms with van der Waals surface area (Å²) in [5, 5.41) is 3.48. The highest BCUT2D eigenvalue weighted by Crippen LogP contribution is 2.21. The van der Waals surface area contributed by atoms with Gasteiger partial charge >= 0.3 is 0 Å². The van der Waals surface area contributed by atoms with Crippen molar-refractivity contribution in [3.63, 3.8) is 0 Å². The molecule has 0 spiro atoms. The second-order valence-electron chi connectivity index (χ2n) is 5.25. The average Bonchev–Trinajstić information content (AvgIpc) is 2.46. The largest absolute Gasteiger partial charge is 0.381 e. The first-order valence-electron chi connectivity index (χ1n) is 7.19. The van der Waals surface area contributed by atoms with E-state index in [9.17, 15) is 0 Å².